The Morgan fingerprint density at radius 2 is 2.14 bits per heavy atom. The van der Waals surface area contributed by atoms with E-state index in [1.165, 1.54) is 6.41 Å². The smallest absolute Gasteiger partial charge is 0.283 e. The van der Waals surface area contributed by atoms with Gasteiger partial charge in [-0.25, -0.2) is 5.43 Å². The van der Waals surface area contributed by atoms with Crippen molar-refractivity contribution in [3.63, 3.8) is 0 Å². The summed E-state index contributed by atoms with van der Waals surface area (Å²) in [5, 5.41) is 0. The highest BCUT2D eigenvalue weighted by Gasteiger charge is 1.84. The molecule has 1 amide bonds. The molecule has 0 spiro atoms. The van der Waals surface area contributed by atoms with E-state index in [1.54, 1.807) is 0 Å². The monoisotopic (exact) mass is 101 g/mol. The van der Waals surface area contributed by atoms with Crippen LogP contribution in [-0.4, -0.2) is 12.5 Å². The second-order valence-corrected chi connectivity index (χ2v) is 1.53. The fourth-order valence-electron chi connectivity index (χ4n) is 0.174. The minimum absolute atomic E-state index is 0.279. The Labute approximate surface area is 43.1 Å². The number of hydrogen-bond acceptors (Lipinski definition) is 2. The SMILES string of the molecule is CC(C)NN[C]=O. The number of hydrogen-bond donors (Lipinski definition) is 2. The molecule has 0 saturated carbocycles. The van der Waals surface area contributed by atoms with Gasteiger partial charge in [0.25, 0.3) is 0 Å². The van der Waals surface area contributed by atoms with Gasteiger partial charge in [0.05, 0.1) is 0 Å². The first-order valence-electron chi connectivity index (χ1n) is 2.15. The average Bonchev–Trinajstić information content (AvgIpc) is 1.61. The van der Waals surface area contributed by atoms with Crippen molar-refractivity contribution in [3.05, 3.63) is 0 Å². The van der Waals surface area contributed by atoms with Crippen molar-refractivity contribution in [2.75, 3.05) is 0 Å². The first kappa shape index (κ1) is 6.43. The highest BCUT2D eigenvalue weighted by molar-refractivity contribution is 5.45. The van der Waals surface area contributed by atoms with Gasteiger partial charge in [0.2, 0.25) is 0 Å². The molecule has 0 aromatic carbocycles. The summed E-state index contributed by atoms with van der Waals surface area (Å²) in [4.78, 5) is 9.41. The molecule has 0 rings (SSSR count). The summed E-state index contributed by atoms with van der Waals surface area (Å²) >= 11 is 0. The molecule has 3 nitrogen and oxygen atoms in total. The van der Waals surface area contributed by atoms with Crippen LogP contribution in [0.5, 0.6) is 0 Å². The summed E-state index contributed by atoms with van der Waals surface area (Å²) in [6.07, 6.45) is 1.49. The van der Waals surface area contributed by atoms with Gasteiger partial charge in [-0.1, -0.05) is 0 Å². The fourth-order valence-corrected chi connectivity index (χ4v) is 0.174. The first-order chi connectivity index (χ1) is 3.27. The molecule has 0 fully saturated rings. The van der Waals surface area contributed by atoms with E-state index in [4.69, 9.17) is 0 Å². The van der Waals surface area contributed by atoms with Crippen LogP contribution in [0.3, 0.4) is 0 Å². The van der Waals surface area contributed by atoms with E-state index in [9.17, 15) is 4.79 Å². The lowest BCUT2D eigenvalue weighted by Gasteiger charge is -2.01. The van der Waals surface area contributed by atoms with Crippen molar-refractivity contribution in [3.8, 4) is 0 Å². The van der Waals surface area contributed by atoms with Crippen molar-refractivity contribution < 1.29 is 4.79 Å². The number of hydrazine groups is 1. The molecule has 0 aliphatic carbocycles. The molecule has 7 heavy (non-hydrogen) atoms. The third kappa shape index (κ3) is 5.43. The molecule has 0 aromatic heterocycles. The summed E-state index contributed by atoms with van der Waals surface area (Å²) in [6, 6.07) is 0.279. The van der Waals surface area contributed by atoms with Gasteiger partial charge < -0.3 is 0 Å². The lowest BCUT2D eigenvalue weighted by molar-refractivity contribution is 0.496. The predicted molar refractivity (Wildman–Crippen MR) is 27.1 cm³/mol. The second kappa shape index (κ2) is 3.61. The van der Waals surface area contributed by atoms with Gasteiger partial charge >= 0.3 is 6.41 Å². The zero-order chi connectivity index (χ0) is 5.70. The van der Waals surface area contributed by atoms with Crippen LogP contribution in [0.2, 0.25) is 0 Å². The van der Waals surface area contributed by atoms with E-state index in [2.05, 4.69) is 10.9 Å². The number of carbonyl (C=O) groups excluding carboxylic acids is 1. The van der Waals surface area contributed by atoms with Gasteiger partial charge in [-0.15, -0.1) is 0 Å². The van der Waals surface area contributed by atoms with Gasteiger partial charge in [-0.2, -0.15) is 0 Å². The van der Waals surface area contributed by atoms with E-state index < -0.39 is 0 Å². The van der Waals surface area contributed by atoms with Crippen LogP contribution in [0, 0.1) is 0 Å². The topological polar surface area (TPSA) is 41.1 Å². The van der Waals surface area contributed by atoms with Crippen LogP contribution in [0.15, 0.2) is 0 Å². The predicted octanol–water partition coefficient (Wildman–Crippen LogP) is -0.444. The molecular weight excluding hydrogens is 92.1 g/mol. The summed E-state index contributed by atoms with van der Waals surface area (Å²) < 4.78 is 0. The van der Waals surface area contributed by atoms with Crippen LogP contribution in [0.25, 0.3) is 0 Å². The van der Waals surface area contributed by atoms with Crippen LogP contribution >= 0.6 is 0 Å². The molecule has 0 aromatic rings. The standard InChI is InChI=1S/C4H9N2O/c1-4(2)6-5-3-7/h4,6H,1-2H3,(H,5,7). The van der Waals surface area contributed by atoms with Crippen molar-refractivity contribution >= 4 is 6.41 Å². The van der Waals surface area contributed by atoms with Crippen molar-refractivity contribution in [1.82, 2.24) is 10.9 Å². The van der Waals surface area contributed by atoms with Crippen molar-refractivity contribution in [1.29, 1.82) is 0 Å². The van der Waals surface area contributed by atoms with E-state index in [-0.39, 0.29) is 6.04 Å². The van der Waals surface area contributed by atoms with E-state index in [0.29, 0.717) is 0 Å². The van der Waals surface area contributed by atoms with Gasteiger partial charge in [0, 0.05) is 6.04 Å². The van der Waals surface area contributed by atoms with Crippen molar-refractivity contribution in [2.45, 2.75) is 19.9 Å². The van der Waals surface area contributed by atoms with E-state index >= 15 is 0 Å². The molecule has 2 N–H and O–H groups in total. The molecule has 0 aliphatic rings. The Morgan fingerprint density at radius 3 is 2.29 bits per heavy atom. The quantitative estimate of drug-likeness (QED) is 0.373. The summed E-state index contributed by atoms with van der Waals surface area (Å²) in [5.41, 5.74) is 4.81. The largest absolute Gasteiger partial charge is 0.324 e. The fraction of sp³-hybridized carbons (Fsp3) is 0.750. The zero-order valence-electron chi connectivity index (χ0n) is 4.49. The Balaban J connectivity index is 2.81. The minimum Gasteiger partial charge on any atom is -0.283 e. The van der Waals surface area contributed by atoms with Crippen LogP contribution in [0.4, 0.5) is 0 Å². The average molecular weight is 101 g/mol. The maximum absolute atomic E-state index is 9.41. The molecule has 1 radical (unpaired) electrons. The van der Waals surface area contributed by atoms with Crippen LogP contribution < -0.4 is 10.9 Å². The Morgan fingerprint density at radius 1 is 1.57 bits per heavy atom. The Kier molecular flexibility index (Phi) is 3.32. The Hall–Kier alpha value is -0.570. The molecule has 3 heteroatoms. The lowest BCUT2D eigenvalue weighted by Crippen LogP contribution is -2.35. The highest BCUT2D eigenvalue weighted by Crippen LogP contribution is 1.67. The molecule has 0 saturated heterocycles. The van der Waals surface area contributed by atoms with Gasteiger partial charge in [-0.05, 0) is 13.8 Å². The third-order valence-corrected chi connectivity index (χ3v) is 0.412. The number of amides is 1. The van der Waals surface area contributed by atoms with Gasteiger partial charge in [0.15, 0.2) is 0 Å². The maximum Gasteiger partial charge on any atom is 0.324 e. The lowest BCUT2D eigenvalue weighted by atomic mass is 10.4. The van der Waals surface area contributed by atoms with E-state index in [0.717, 1.165) is 0 Å². The molecule has 0 aliphatic heterocycles. The number of nitrogens with one attached hydrogen (secondary N) is 2. The molecule has 41 valence electrons. The van der Waals surface area contributed by atoms with Crippen molar-refractivity contribution in [2.24, 2.45) is 0 Å². The molecule has 0 heterocycles. The van der Waals surface area contributed by atoms with Gasteiger partial charge in [0.1, 0.15) is 0 Å². The molecule has 0 bridgehead atoms. The Bertz CT molecular complexity index is 53.7. The first-order valence-corrected chi connectivity index (χ1v) is 2.15. The van der Waals surface area contributed by atoms with E-state index in [1.807, 2.05) is 13.8 Å². The summed E-state index contributed by atoms with van der Waals surface area (Å²) in [7, 11) is 0. The normalized spacial score (nSPS) is 9.00. The zero-order valence-corrected chi connectivity index (χ0v) is 4.49. The minimum atomic E-state index is 0.279. The summed E-state index contributed by atoms with van der Waals surface area (Å²) in [5.74, 6) is 0. The molecule has 0 atom stereocenters. The third-order valence-electron chi connectivity index (χ3n) is 0.412. The van der Waals surface area contributed by atoms with Crippen LogP contribution in [0.1, 0.15) is 13.8 Å². The second-order valence-electron chi connectivity index (χ2n) is 1.53. The van der Waals surface area contributed by atoms with Gasteiger partial charge in [-0.3, -0.25) is 10.2 Å². The maximum atomic E-state index is 9.41. The van der Waals surface area contributed by atoms with Crippen LogP contribution in [-0.2, 0) is 4.79 Å². The number of rotatable bonds is 3. The highest BCUT2D eigenvalue weighted by atomic mass is 16.1. The molecule has 0 unspecified atom stereocenters. The summed E-state index contributed by atoms with van der Waals surface area (Å²) in [6.45, 7) is 3.84. The molecular formula is C4H9N2O.